The third-order valence-electron chi connectivity index (χ3n) is 6.56. The van der Waals surface area contributed by atoms with Gasteiger partial charge in [-0.15, -0.1) is 0 Å². The summed E-state index contributed by atoms with van der Waals surface area (Å²) in [7, 11) is 0. The quantitative estimate of drug-likeness (QED) is 0.241. The lowest BCUT2D eigenvalue weighted by Crippen LogP contribution is -2.16. The van der Waals surface area contributed by atoms with E-state index in [1.54, 1.807) is 0 Å². The van der Waals surface area contributed by atoms with Gasteiger partial charge in [0, 0.05) is 5.69 Å². The van der Waals surface area contributed by atoms with Gasteiger partial charge < -0.3 is 9.64 Å². The second-order valence-electron chi connectivity index (χ2n) is 9.13. The van der Waals surface area contributed by atoms with Gasteiger partial charge in [-0.05, 0) is 98.2 Å². The molecule has 0 unspecified atom stereocenters. The van der Waals surface area contributed by atoms with Gasteiger partial charge in [0.05, 0.1) is 11.4 Å². The van der Waals surface area contributed by atoms with Crippen molar-refractivity contribution >= 4 is 22.6 Å². The molecule has 1 aliphatic heterocycles. The molecule has 1 heterocycles. The Bertz CT molecular complexity index is 1110. The van der Waals surface area contributed by atoms with Crippen molar-refractivity contribution in [3.05, 3.63) is 83.4 Å². The van der Waals surface area contributed by atoms with E-state index in [4.69, 9.17) is 4.74 Å². The van der Waals surface area contributed by atoms with Gasteiger partial charge in [-0.3, -0.25) is 0 Å². The van der Waals surface area contributed by atoms with Crippen molar-refractivity contribution in [1.29, 1.82) is 0 Å². The highest BCUT2D eigenvalue weighted by Crippen LogP contribution is 2.51. The second kappa shape index (κ2) is 10.7. The zero-order valence-corrected chi connectivity index (χ0v) is 20.7. The average Bonchev–Trinajstić information content (AvgIpc) is 2.84. The molecule has 0 aliphatic carbocycles. The first-order valence-electron chi connectivity index (χ1n) is 12.6. The Morgan fingerprint density at radius 3 is 2.21 bits per heavy atom. The van der Waals surface area contributed by atoms with Crippen LogP contribution in [0.5, 0.6) is 11.5 Å². The lowest BCUT2D eigenvalue weighted by Gasteiger charge is -2.33. The van der Waals surface area contributed by atoms with Gasteiger partial charge in [-0.2, -0.15) is 0 Å². The van der Waals surface area contributed by atoms with Crippen LogP contribution in [0.4, 0.5) is 17.1 Å². The molecule has 3 aromatic rings. The molecule has 4 rings (SSSR count). The molecule has 2 nitrogen and oxygen atoms in total. The summed E-state index contributed by atoms with van der Waals surface area (Å²) in [6, 6.07) is 22.2. The van der Waals surface area contributed by atoms with Crippen LogP contribution in [-0.2, 0) is 6.42 Å². The number of unbranched alkanes of at least 4 members (excludes halogenated alkanes) is 3. The van der Waals surface area contributed by atoms with Gasteiger partial charge in [-0.1, -0.05) is 63.5 Å². The minimum Gasteiger partial charge on any atom is -0.453 e. The number of fused-ring (bicyclic) bond motifs is 2. The molecule has 3 aromatic carbocycles. The van der Waals surface area contributed by atoms with Gasteiger partial charge in [0.25, 0.3) is 0 Å². The lowest BCUT2D eigenvalue weighted by molar-refractivity contribution is 0.476. The fourth-order valence-corrected chi connectivity index (χ4v) is 4.61. The van der Waals surface area contributed by atoms with E-state index in [-0.39, 0.29) is 0 Å². The van der Waals surface area contributed by atoms with Crippen molar-refractivity contribution in [1.82, 2.24) is 0 Å². The van der Waals surface area contributed by atoms with E-state index in [2.05, 4.69) is 99.3 Å². The van der Waals surface area contributed by atoms with Gasteiger partial charge >= 0.3 is 0 Å². The fraction of sp³-hybridized carbons (Fsp3) is 0.355. The van der Waals surface area contributed by atoms with Crippen molar-refractivity contribution in [3.8, 4) is 11.5 Å². The van der Waals surface area contributed by atoms with Crippen LogP contribution in [0.15, 0.2) is 66.7 Å². The van der Waals surface area contributed by atoms with Crippen LogP contribution in [0.25, 0.3) is 5.57 Å². The van der Waals surface area contributed by atoms with E-state index in [9.17, 15) is 0 Å². The molecule has 0 saturated heterocycles. The monoisotopic (exact) mass is 439 g/mol. The van der Waals surface area contributed by atoms with Crippen molar-refractivity contribution in [2.45, 2.75) is 72.6 Å². The number of aryl methyl sites for hydroxylation is 2. The first kappa shape index (κ1) is 23.2. The van der Waals surface area contributed by atoms with E-state index in [0.29, 0.717) is 0 Å². The van der Waals surface area contributed by atoms with Gasteiger partial charge in [-0.25, -0.2) is 0 Å². The summed E-state index contributed by atoms with van der Waals surface area (Å²) in [4.78, 5) is 2.34. The number of benzene rings is 3. The number of nitrogens with zero attached hydrogens (tertiary/aromatic N) is 1. The molecule has 0 N–H and O–H groups in total. The Labute approximate surface area is 199 Å². The summed E-state index contributed by atoms with van der Waals surface area (Å²) < 4.78 is 6.48. The first-order valence-corrected chi connectivity index (χ1v) is 12.6. The second-order valence-corrected chi connectivity index (χ2v) is 9.13. The van der Waals surface area contributed by atoms with E-state index in [1.165, 1.54) is 60.1 Å². The molecule has 0 atom stereocenters. The molecule has 0 bridgehead atoms. The van der Waals surface area contributed by atoms with Gasteiger partial charge in [0.2, 0.25) is 0 Å². The van der Waals surface area contributed by atoms with E-state index in [0.717, 1.165) is 35.7 Å². The predicted molar refractivity (Wildman–Crippen MR) is 142 cm³/mol. The topological polar surface area (TPSA) is 12.5 Å². The fourth-order valence-electron chi connectivity index (χ4n) is 4.61. The Morgan fingerprint density at radius 1 is 0.818 bits per heavy atom. The third kappa shape index (κ3) is 5.16. The number of allylic oxidation sites excluding steroid dienone is 2. The maximum absolute atomic E-state index is 6.48. The van der Waals surface area contributed by atoms with Crippen LogP contribution in [0.3, 0.4) is 0 Å². The zero-order chi connectivity index (χ0) is 23.2. The maximum atomic E-state index is 6.48. The molecular formula is C31H37NO. The molecule has 33 heavy (non-hydrogen) atoms. The Morgan fingerprint density at radius 2 is 1.52 bits per heavy atom. The number of hydrogen-bond donors (Lipinski definition) is 0. The van der Waals surface area contributed by atoms with Crippen LogP contribution >= 0.6 is 0 Å². The molecule has 0 aromatic heterocycles. The molecule has 0 amide bonds. The van der Waals surface area contributed by atoms with Crippen molar-refractivity contribution in [3.63, 3.8) is 0 Å². The summed E-state index contributed by atoms with van der Waals surface area (Å²) in [6.45, 7) is 8.77. The predicted octanol–water partition coefficient (Wildman–Crippen LogP) is 9.90. The molecule has 172 valence electrons. The largest absolute Gasteiger partial charge is 0.453 e. The third-order valence-corrected chi connectivity index (χ3v) is 6.56. The van der Waals surface area contributed by atoms with Gasteiger partial charge in [0.15, 0.2) is 11.5 Å². The number of ether oxygens (including phenoxy) is 1. The van der Waals surface area contributed by atoms with Crippen LogP contribution in [0, 0.1) is 6.92 Å². The molecule has 0 spiro atoms. The molecule has 1 aliphatic rings. The van der Waals surface area contributed by atoms with E-state index < -0.39 is 0 Å². The number of rotatable bonds is 9. The highest BCUT2D eigenvalue weighted by molar-refractivity contribution is 5.87. The number of hydrogen-bond acceptors (Lipinski definition) is 2. The Hall–Kier alpha value is -3.00. The zero-order valence-electron chi connectivity index (χ0n) is 20.7. The van der Waals surface area contributed by atoms with E-state index >= 15 is 0 Å². The summed E-state index contributed by atoms with van der Waals surface area (Å²) in [6.07, 6.45) is 10.7. The summed E-state index contributed by atoms with van der Waals surface area (Å²) in [5.74, 6) is 1.85. The molecule has 0 saturated carbocycles. The maximum Gasteiger partial charge on any atom is 0.152 e. The first-order chi connectivity index (χ1) is 16.1. The van der Waals surface area contributed by atoms with Gasteiger partial charge in [0.1, 0.15) is 0 Å². The highest BCUT2D eigenvalue weighted by atomic mass is 16.5. The molecule has 0 fully saturated rings. The minimum atomic E-state index is 0.919. The summed E-state index contributed by atoms with van der Waals surface area (Å²) in [5, 5.41) is 0. The molecule has 2 heteroatoms. The molecule has 0 radical (unpaired) electrons. The van der Waals surface area contributed by atoms with Crippen LogP contribution in [0.2, 0.25) is 0 Å². The van der Waals surface area contributed by atoms with Crippen LogP contribution in [-0.4, -0.2) is 0 Å². The summed E-state index contributed by atoms with van der Waals surface area (Å²) >= 11 is 0. The summed E-state index contributed by atoms with van der Waals surface area (Å²) in [5.41, 5.74) is 8.63. The molecular weight excluding hydrogens is 402 g/mol. The number of anilines is 3. The highest BCUT2D eigenvalue weighted by Gasteiger charge is 2.26. The van der Waals surface area contributed by atoms with E-state index in [1.807, 2.05) is 0 Å². The minimum absolute atomic E-state index is 0.919. The van der Waals surface area contributed by atoms with Crippen molar-refractivity contribution in [2.24, 2.45) is 0 Å². The SMILES string of the molecule is CC=C(CCCCC)c1ccc2c(c1)Oc1cc(C)ccc1N2c1ccc(CCCC)cc1. The standard InChI is InChI=1S/C31H37NO/c1-5-8-10-12-25(7-3)26-16-20-29-31(22-26)33-30-21-23(4)13-19-28(30)32(29)27-17-14-24(15-18-27)11-9-6-2/h7,13-22H,5-6,8-12H2,1-4H3. The average molecular weight is 440 g/mol. The van der Waals surface area contributed by atoms with Crippen LogP contribution < -0.4 is 9.64 Å². The van der Waals surface area contributed by atoms with Crippen molar-refractivity contribution in [2.75, 3.05) is 4.90 Å². The lowest BCUT2D eigenvalue weighted by atomic mass is 9.98. The Kier molecular flexibility index (Phi) is 7.54. The van der Waals surface area contributed by atoms with Crippen LogP contribution in [0.1, 0.15) is 76.0 Å². The Balaban J connectivity index is 1.72. The normalized spacial score (nSPS) is 12.8. The smallest absolute Gasteiger partial charge is 0.152 e. The van der Waals surface area contributed by atoms with Crippen molar-refractivity contribution < 1.29 is 4.74 Å².